The minimum Gasteiger partial charge on any atom is -0.487 e. The van der Waals surface area contributed by atoms with Crippen molar-refractivity contribution in [1.29, 1.82) is 0 Å². The molecule has 0 atom stereocenters. The summed E-state index contributed by atoms with van der Waals surface area (Å²) in [6.07, 6.45) is 2.63. The first kappa shape index (κ1) is 20.1. The van der Waals surface area contributed by atoms with Crippen molar-refractivity contribution in [3.63, 3.8) is 0 Å². The van der Waals surface area contributed by atoms with Crippen molar-refractivity contribution in [1.82, 2.24) is 9.47 Å². The number of halogens is 1. The van der Waals surface area contributed by atoms with Crippen molar-refractivity contribution in [3.05, 3.63) is 56.8 Å². The highest BCUT2D eigenvalue weighted by Crippen LogP contribution is 2.35. The van der Waals surface area contributed by atoms with Crippen molar-refractivity contribution < 1.29 is 13.9 Å². The number of carbonyl (C=O) groups excluding carboxylic acids is 1. The van der Waals surface area contributed by atoms with E-state index in [1.807, 2.05) is 18.7 Å². The molecule has 7 heteroatoms. The largest absolute Gasteiger partial charge is 0.487 e. The number of amides is 1. The topological polar surface area (TPSA) is 54.8 Å². The van der Waals surface area contributed by atoms with Gasteiger partial charge in [-0.25, -0.2) is 4.39 Å². The summed E-state index contributed by atoms with van der Waals surface area (Å²) in [6.45, 7) is 6.44. The molecule has 1 aromatic heterocycles. The Morgan fingerprint density at radius 1 is 1.16 bits per heavy atom. The number of hydrogen-bond acceptors (Lipinski definition) is 4. The van der Waals surface area contributed by atoms with Gasteiger partial charge in [-0.15, -0.1) is 0 Å². The average Bonchev–Trinajstić information content (AvgIpc) is 3.42. The van der Waals surface area contributed by atoms with Crippen LogP contribution in [0.3, 0.4) is 0 Å². The van der Waals surface area contributed by atoms with Gasteiger partial charge in [0.25, 0.3) is 5.56 Å². The smallest absolute Gasteiger partial charge is 0.253 e. The van der Waals surface area contributed by atoms with Crippen LogP contribution in [-0.4, -0.2) is 34.6 Å². The lowest BCUT2D eigenvalue weighted by atomic mass is 9.94. The molecule has 0 unspecified atom stereocenters. The second kappa shape index (κ2) is 7.39. The van der Waals surface area contributed by atoms with Crippen molar-refractivity contribution >= 4 is 11.6 Å². The Morgan fingerprint density at radius 3 is 2.61 bits per heavy atom. The van der Waals surface area contributed by atoms with Gasteiger partial charge in [0.15, 0.2) is 11.6 Å². The number of benzene rings is 1. The van der Waals surface area contributed by atoms with Gasteiger partial charge in [0.1, 0.15) is 0 Å². The van der Waals surface area contributed by atoms with E-state index in [1.165, 1.54) is 6.07 Å². The highest BCUT2D eigenvalue weighted by Gasteiger charge is 2.34. The zero-order valence-electron chi connectivity index (χ0n) is 18.3. The van der Waals surface area contributed by atoms with Crippen molar-refractivity contribution in [2.75, 3.05) is 18.0 Å². The van der Waals surface area contributed by atoms with Crippen LogP contribution in [0, 0.1) is 25.6 Å². The molecule has 2 fully saturated rings. The van der Waals surface area contributed by atoms with E-state index in [9.17, 15) is 14.0 Å². The summed E-state index contributed by atoms with van der Waals surface area (Å²) in [5.74, 6) is 0.407. The molecule has 1 aliphatic carbocycles. The number of rotatable bonds is 5. The van der Waals surface area contributed by atoms with Gasteiger partial charge >= 0.3 is 0 Å². The Balaban J connectivity index is 1.19. The molecular weight excluding hydrogens is 397 g/mol. The van der Waals surface area contributed by atoms with Gasteiger partial charge in [0.05, 0.1) is 12.6 Å². The van der Waals surface area contributed by atoms with Gasteiger partial charge in [0, 0.05) is 62.0 Å². The Hall–Kier alpha value is -2.83. The van der Waals surface area contributed by atoms with E-state index in [4.69, 9.17) is 4.74 Å². The average molecular weight is 426 g/mol. The second-order valence-corrected chi connectivity index (χ2v) is 9.20. The Labute approximate surface area is 181 Å². The third-order valence-corrected chi connectivity index (χ3v) is 6.95. The summed E-state index contributed by atoms with van der Waals surface area (Å²) in [5, 5.41) is 0. The fraction of sp³-hybridized carbons (Fsp3) is 0.500. The number of ether oxygens (including phenoxy) is 1. The van der Waals surface area contributed by atoms with Crippen LogP contribution in [0.5, 0.6) is 5.75 Å². The molecule has 0 radical (unpaired) electrons. The minimum atomic E-state index is -0.323. The molecule has 1 amide bonds. The zero-order valence-corrected chi connectivity index (χ0v) is 18.3. The maximum absolute atomic E-state index is 14.0. The minimum absolute atomic E-state index is 0.0181. The summed E-state index contributed by atoms with van der Waals surface area (Å²) in [7, 11) is 1.79. The van der Waals surface area contributed by atoms with Crippen LogP contribution in [0.1, 0.15) is 41.6 Å². The van der Waals surface area contributed by atoms with Crippen LogP contribution in [0.2, 0.25) is 0 Å². The summed E-state index contributed by atoms with van der Waals surface area (Å²) in [5.41, 5.74) is 4.78. The van der Waals surface area contributed by atoms with E-state index in [-0.39, 0.29) is 29.3 Å². The predicted molar refractivity (Wildman–Crippen MR) is 116 cm³/mol. The monoisotopic (exact) mass is 425 g/mol. The molecule has 1 aromatic carbocycles. The first-order valence-electron chi connectivity index (χ1n) is 11.0. The maximum atomic E-state index is 14.0. The fourth-order valence-electron chi connectivity index (χ4n) is 4.63. The number of hydrogen-bond donors (Lipinski definition) is 0. The van der Waals surface area contributed by atoms with Gasteiger partial charge in [-0.2, -0.15) is 0 Å². The number of carbonyl (C=O) groups is 1. The van der Waals surface area contributed by atoms with E-state index in [2.05, 4.69) is 4.90 Å². The van der Waals surface area contributed by atoms with E-state index in [0.717, 1.165) is 54.0 Å². The van der Waals surface area contributed by atoms with Gasteiger partial charge in [-0.1, -0.05) is 0 Å². The number of fused-ring (bicyclic) bond motifs is 1. The number of nitrogens with zero attached hydrogens (tertiary/aromatic N) is 3. The number of aromatic nitrogens is 1. The fourth-order valence-corrected chi connectivity index (χ4v) is 4.63. The van der Waals surface area contributed by atoms with Gasteiger partial charge in [0.2, 0.25) is 5.91 Å². The lowest BCUT2D eigenvalue weighted by Gasteiger charge is -2.41. The maximum Gasteiger partial charge on any atom is 0.253 e. The highest BCUT2D eigenvalue weighted by molar-refractivity contribution is 5.77. The van der Waals surface area contributed by atoms with Crippen LogP contribution in [0.25, 0.3) is 0 Å². The zero-order chi connectivity index (χ0) is 21.9. The molecular formula is C24H28FN3O3. The second-order valence-electron chi connectivity index (χ2n) is 9.20. The Kier molecular flexibility index (Phi) is 4.79. The van der Waals surface area contributed by atoms with Gasteiger partial charge in [-0.05, 0) is 49.9 Å². The first-order valence-corrected chi connectivity index (χ1v) is 11.0. The van der Waals surface area contributed by atoms with Crippen molar-refractivity contribution in [2.45, 2.75) is 52.3 Å². The molecule has 3 aliphatic rings. The number of pyridine rings is 1. The molecule has 1 saturated heterocycles. The Morgan fingerprint density at radius 2 is 1.90 bits per heavy atom. The molecule has 0 N–H and O–H groups in total. The van der Waals surface area contributed by atoms with Crippen LogP contribution in [-0.2, 0) is 24.9 Å². The van der Waals surface area contributed by atoms with Gasteiger partial charge < -0.3 is 19.1 Å². The molecule has 2 aromatic rings. The molecule has 31 heavy (non-hydrogen) atoms. The summed E-state index contributed by atoms with van der Waals surface area (Å²) in [6, 6.07) is 5.01. The molecule has 0 bridgehead atoms. The molecule has 3 heterocycles. The molecule has 164 valence electrons. The predicted octanol–water partition coefficient (Wildman–Crippen LogP) is 3.05. The lowest BCUT2D eigenvalue weighted by molar-refractivity contribution is -0.133. The Bertz CT molecular complexity index is 1120. The third-order valence-electron chi connectivity index (χ3n) is 6.95. The molecule has 1 saturated carbocycles. The molecule has 2 aliphatic heterocycles. The van der Waals surface area contributed by atoms with Crippen molar-refractivity contribution in [2.24, 2.45) is 13.0 Å². The summed E-state index contributed by atoms with van der Waals surface area (Å²) >= 11 is 0. The molecule has 5 rings (SSSR count). The van der Waals surface area contributed by atoms with E-state index >= 15 is 0 Å². The first-order chi connectivity index (χ1) is 14.8. The highest BCUT2D eigenvalue weighted by atomic mass is 19.1. The van der Waals surface area contributed by atoms with Crippen LogP contribution >= 0.6 is 0 Å². The summed E-state index contributed by atoms with van der Waals surface area (Å²) in [4.78, 5) is 29.3. The standard InChI is InChI=1S/C24H28FN3O3/c1-14-15(2)24(30)26(3)21-13-28(12-19(14)21)23(29)8-16-10-27(11-16)17-4-7-20(25)22(9-17)31-18-5-6-18/h4,7,9,16,18H,5-6,8,10-13H2,1-3H3. The normalized spacial score (nSPS) is 18.2. The van der Waals surface area contributed by atoms with Crippen molar-refractivity contribution in [3.8, 4) is 5.75 Å². The van der Waals surface area contributed by atoms with Gasteiger partial charge in [-0.3, -0.25) is 9.59 Å². The van der Waals surface area contributed by atoms with E-state index in [0.29, 0.717) is 25.3 Å². The van der Waals surface area contributed by atoms with E-state index < -0.39 is 0 Å². The summed E-state index contributed by atoms with van der Waals surface area (Å²) < 4.78 is 21.3. The third kappa shape index (κ3) is 3.60. The van der Waals surface area contributed by atoms with Crippen LogP contribution < -0.4 is 15.2 Å². The lowest BCUT2D eigenvalue weighted by Crippen LogP contribution is -2.48. The van der Waals surface area contributed by atoms with Crippen LogP contribution in [0.15, 0.2) is 23.0 Å². The SMILES string of the molecule is Cc1c2c(n(C)c(=O)c1C)CN(C(=O)CC1CN(c3ccc(F)c(OC4CC4)c3)C1)C2. The van der Waals surface area contributed by atoms with Crippen LogP contribution in [0.4, 0.5) is 10.1 Å². The molecule has 6 nitrogen and oxygen atoms in total. The molecule has 0 spiro atoms. The quantitative estimate of drug-likeness (QED) is 0.739. The van der Waals surface area contributed by atoms with E-state index in [1.54, 1.807) is 23.7 Å². The number of anilines is 1.